The van der Waals surface area contributed by atoms with Gasteiger partial charge in [0.15, 0.2) is 0 Å². The van der Waals surface area contributed by atoms with Crippen molar-refractivity contribution in [2.45, 2.75) is 23.8 Å². The number of halogens is 1. The predicted molar refractivity (Wildman–Crippen MR) is 74.6 cm³/mol. The summed E-state index contributed by atoms with van der Waals surface area (Å²) in [4.78, 5) is -0.184. The smallest absolute Gasteiger partial charge is 0.240 e. The predicted octanol–water partition coefficient (Wildman–Crippen LogP) is 1.69. The van der Waals surface area contributed by atoms with Crippen LogP contribution in [0.1, 0.15) is 12.7 Å². The number of hydrogen-bond donors (Lipinski definition) is 2. The molecule has 0 radical (unpaired) electrons. The van der Waals surface area contributed by atoms with Crippen LogP contribution in [0, 0.1) is 5.82 Å². The summed E-state index contributed by atoms with van der Waals surface area (Å²) in [6, 6.07) is 8.05. The standard InChI is InChI=1S/C14H16FNO4S/c1-14(17,9-12-5-3-7-20-12)10-16-21(18,19)13-6-2-4-11(15)8-13/h2-8,16-17H,9-10H2,1H3. The first-order chi connectivity index (χ1) is 9.78. The maximum absolute atomic E-state index is 13.1. The van der Waals surface area contributed by atoms with Gasteiger partial charge in [-0.05, 0) is 37.3 Å². The van der Waals surface area contributed by atoms with Crippen LogP contribution in [0.5, 0.6) is 0 Å². The molecular weight excluding hydrogens is 297 g/mol. The largest absolute Gasteiger partial charge is 0.469 e. The third kappa shape index (κ3) is 4.38. The fraction of sp³-hybridized carbons (Fsp3) is 0.286. The third-order valence-electron chi connectivity index (χ3n) is 2.88. The maximum Gasteiger partial charge on any atom is 0.240 e. The molecule has 0 aliphatic heterocycles. The van der Waals surface area contributed by atoms with Crippen LogP contribution in [0.3, 0.4) is 0 Å². The second-order valence-electron chi connectivity index (χ2n) is 5.04. The van der Waals surface area contributed by atoms with Crippen molar-refractivity contribution in [3.05, 3.63) is 54.2 Å². The normalized spacial score (nSPS) is 14.8. The average Bonchev–Trinajstić information content (AvgIpc) is 2.89. The summed E-state index contributed by atoms with van der Waals surface area (Å²) in [5, 5.41) is 10.2. The zero-order valence-electron chi connectivity index (χ0n) is 11.4. The van der Waals surface area contributed by atoms with Crippen molar-refractivity contribution in [1.82, 2.24) is 4.72 Å². The number of rotatable bonds is 6. The lowest BCUT2D eigenvalue weighted by Crippen LogP contribution is -2.42. The van der Waals surface area contributed by atoms with Crippen LogP contribution in [0.2, 0.25) is 0 Å². The van der Waals surface area contributed by atoms with E-state index in [1.165, 1.54) is 25.3 Å². The van der Waals surface area contributed by atoms with Crippen LogP contribution in [-0.4, -0.2) is 25.7 Å². The van der Waals surface area contributed by atoms with E-state index in [9.17, 15) is 17.9 Å². The first kappa shape index (κ1) is 15.7. The first-order valence-electron chi connectivity index (χ1n) is 6.28. The Hall–Kier alpha value is -1.70. The fourth-order valence-electron chi connectivity index (χ4n) is 1.82. The van der Waals surface area contributed by atoms with E-state index in [4.69, 9.17) is 4.42 Å². The Morgan fingerprint density at radius 1 is 1.33 bits per heavy atom. The molecule has 5 nitrogen and oxygen atoms in total. The van der Waals surface area contributed by atoms with Gasteiger partial charge in [0.05, 0.1) is 16.8 Å². The van der Waals surface area contributed by atoms with E-state index in [2.05, 4.69) is 4.72 Å². The van der Waals surface area contributed by atoms with Gasteiger partial charge in [-0.25, -0.2) is 17.5 Å². The minimum Gasteiger partial charge on any atom is -0.469 e. The molecule has 0 fully saturated rings. The molecule has 2 N–H and O–H groups in total. The van der Waals surface area contributed by atoms with Gasteiger partial charge in [0.25, 0.3) is 0 Å². The molecule has 0 bridgehead atoms. The molecule has 0 amide bonds. The molecule has 0 saturated carbocycles. The Balaban J connectivity index is 2.04. The summed E-state index contributed by atoms with van der Waals surface area (Å²) in [5.41, 5.74) is -1.32. The van der Waals surface area contributed by atoms with Gasteiger partial charge >= 0.3 is 0 Å². The van der Waals surface area contributed by atoms with E-state index in [1.54, 1.807) is 12.1 Å². The van der Waals surface area contributed by atoms with Crippen molar-refractivity contribution in [3.63, 3.8) is 0 Å². The van der Waals surface area contributed by atoms with E-state index in [1.807, 2.05) is 0 Å². The van der Waals surface area contributed by atoms with E-state index in [-0.39, 0.29) is 17.9 Å². The number of furan rings is 1. The summed E-state index contributed by atoms with van der Waals surface area (Å²) >= 11 is 0. The molecule has 1 heterocycles. The molecule has 1 aromatic heterocycles. The van der Waals surface area contributed by atoms with Gasteiger partial charge in [0, 0.05) is 13.0 Å². The molecule has 0 aliphatic rings. The Morgan fingerprint density at radius 3 is 2.71 bits per heavy atom. The second-order valence-corrected chi connectivity index (χ2v) is 6.80. The molecule has 1 aromatic carbocycles. The van der Waals surface area contributed by atoms with Gasteiger partial charge in [0.1, 0.15) is 11.6 Å². The van der Waals surface area contributed by atoms with Crippen molar-refractivity contribution in [1.29, 1.82) is 0 Å². The van der Waals surface area contributed by atoms with Crippen molar-refractivity contribution >= 4 is 10.0 Å². The number of benzene rings is 1. The highest BCUT2D eigenvalue weighted by atomic mass is 32.2. The summed E-state index contributed by atoms with van der Waals surface area (Å²) in [6.45, 7) is 1.27. The van der Waals surface area contributed by atoms with Gasteiger partial charge in [0.2, 0.25) is 10.0 Å². The van der Waals surface area contributed by atoms with Gasteiger partial charge in [-0.3, -0.25) is 0 Å². The molecule has 2 aromatic rings. The van der Waals surface area contributed by atoms with Crippen LogP contribution < -0.4 is 4.72 Å². The van der Waals surface area contributed by atoms with Gasteiger partial charge in [-0.2, -0.15) is 0 Å². The Morgan fingerprint density at radius 2 is 2.10 bits per heavy atom. The SMILES string of the molecule is CC(O)(CNS(=O)(=O)c1cccc(F)c1)Cc1ccco1. The fourth-order valence-corrected chi connectivity index (χ4v) is 3.01. The monoisotopic (exact) mass is 313 g/mol. The van der Waals surface area contributed by atoms with Gasteiger partial charge in [-0.15, -0.1) is 0 Å². The lowest BCUT2D eigenvalue weighted by atomic mass is 10.0. The van der Waals surface area contributed by atoms with Crippen molar-refractivity contribution < 1.29 is 22.3 Å². The van der Waals surface area contributed by atoms with Crippen LogP contribution in [0.25, 0.3) is 0 Å². The van der Waals surface area contributed by atoms with Crippen LogP contribution in [0.4, 0.5) is 4.39 Å². The van der Waals surface area contributed by atoms with Crippen LogP contribution in [0.15, 0.2) is 52.0 Å². The van der Waals surface area contributed by atoms with Crippen LogP contribution >= 0.6 is 0 Å². The molecule has 21 heavy (non-hydrogen) atoms. The summed E-state index contributed by atoms with van der Waals surface area (Å²) in [6.07, 6.45) is 1.63. The number of nitrogens with one attached hydrogen (secondary N) is 1. The maximum atomic E-state index is 13.1. The second kappa shape index (κ2) is 5.97. The zero-order valence-corrected chi connectivity index (χ0v) is 12.2. The minimum atomic E-state index is -3.88. The summed E-state index contributed by atoms with van der Waals surface area (Å²) in [7, 11) is -3.88. The molecule has 1 atom stereocenters. The Bertz CT molecular complexity index is 696. The molecule has 2 rings (SSSR count). The van der Waals surface area contributed by atoms with Crippen molar-refractivity contribution in [3.8, 4) is 0 Å². The molecule has 114 valence electrons. The Labute approximate surface area is 122 Å². The lowest BCUT2D eigenvalue weighted by Gasteiger charge is -2.22. The molecule has 0 saturated heterocycles. The highest BCUT2D eigenvalue weighted by molar-refractivity contribution is 7.89. The summed E-state index contributed by atoms with van der Waals surface area (Å²) < 4.78 is 44.5. The molecule has 7 heteroatoms. The van der Waals surface area contributed by atoms with E-state index in [0.29, 0.717) is 5.76 Å². The molecule has 0 aliphatic carbocycles. The highest BCUT2D eigenvalue weighted by Gasteiger charge is 2.25. The Kier molecular flexibility index (Phi) is 4.46. The van der Waals surface area contributed by atoms with E-state index < -0.39 is 21.4 Å². The van der Waals surface area contributed by atoms with Crippen molar-refractivity contribution in [2.24, 2.45) is 0 Å². The topological polar surface area (TPSA) is 79.5 Å². The highest BCUT2D eigenvalue weighted by Crippen LogP contribution is 2.15. The summed E-state index contributed by atoms with van der Waals surface area (Å²) in [5.74, 6) is -0.0924. The number of aliphatic hydroxyl groups is 1. The van der Waals surface area contributed by atoms with Gasteiger partial charge in [-0.1, -0.05) is 6.07 Å². The molecule has 0 spiro atoms. The minimum absolute atomic E-state index is 0.158. The van der Waals surface area contributed by atoms with E-state index in [0.717, 1.165) is 12.1 Å². The number of hydrogen-bond acceptors (Lipinski definition) is 4. The lowest BCUT2D eigenvalue weighted by molar-refractivity contribution is 0.0603. The van der Waals surface area contributed by atoms with Crippen molar-refractivity contribution in [2.75, 3.05) is 6.54 Å². The first-order valence-corrected chi connectivity index (χ1v) is 7.77. The zero-order chi connectivity index (χ0) is 15.5. The third-order valence-corrected chi connectivity index (χ3v) is 4.28. The molecular formula is C14H16FNO4S. The van der Waals surface area contributed by atoms with E-state index >= 15 is 0 Å². The number of sulfonamides is 1. The average molecular weight is 313 g/mol. The quantitative estimate of drug-likeness (QED) is 0.850. The van der Waals surface area contributed by atoms with Gasteiger partial charge < -0.3 is 9.52 Å². The van der Waals surface area contributed by atoms with Crippen LogP contribution in [-0.2, 0) is 16.4 Å². The molecule has 1 unspecified atom stereocenters.